The first kappa shape index (κ1) is 29.7. The Balaban J connectivity index is 7.17. The van der Waals surface area contributed by atoms with E-state index in [1.165, 1.54) is 0 Å². The molecule has 0 fully saturated rings. The number of hydrogen-bond donors (Lipinski definition) is 0. The van der Waals surface area contributed by atoms with Crippen LogP contribution in [-0.2, 0) is 0 Å². The third kappa shape index (κ3) is 4.21. The first-order valence-electron chi connectivity index (χ1n) is 6.49. The highest BCUT2D eigenvalue weighted by Gasteiger charge is 2.95. The molecule has 20 heteroatoms. The molecule has 0 radical (unpaired) electrons. The fraction of sp³-hybridized carbons (Fsp3) is 0.818. The normalized spacial score (nSPS) is 19.0. The second-order valence-corrected chi connectivity index (χ2v) is 5.83. The topological polar surface area (TPSA) is 0 Å². The van der Waals surface area contributed by atoms with E-state index in [2.05, 4.69) is 11.6 Å². The van der Waals surface area contributed by atoms with E-state index in [1.807, 2.05) is 0 Å². The van der Waals surface area contributed by atoms with Crippen molar-refractivity contribution < 1.29 is 83.4 Å². The van der Waals surface area contributed by atoms with Crippen LogP contribution in [0.25, 0.3) is 0 Å². The van der Waals surface area contributed by atoms with Crippen molar-refractivity contribution in [3.63, 3.8) is 0 Å². The minimum atomic E-state index is -8.82. The number of allylic oxidation sites excluding steroid dienone is 1. The minimum Gasteiger partial charge on any atom is -0.234 e. The van der Waals surface area contributed by atoms with Crippen LogP contribution in [-0.4, -0.2) is 54.1 Å². The molecule has 0 amide bonds. The second kappa shape index (κ2) is 7.93. The van der Waals surface area contributed by atoms with Crippen LogP contribution in [0.1, 0.15) is 0 Å². The predicted octanol–water partition coefficient (Wildman–Crippen LogP) is 7.38. The molecular formula is C11H2ClF19. The Hall–Kier alpha value is -1.30. The quantitative estimate of drug-likeness (QED) is 0.301. The molecule has 186 valence electrons. The van der Waals surface area contributed by atoms with E-state index >= 15 is 0 Å². The molecular weight excluding hydrogens is 529 g/mol. The van der Waals surface area contributed by atoms with E-state index < -0.39 is 65.2 Å². The molecule has 0 bridgehead atoms. The molecule has 0 aromatic heterocycles. The summed E-state index contributed by atoms with van der Waals surface area (Å²) in [5.74, 6) is -33.4. The highest BCUT2D eigenvalue weighted by Crippen LogP contribution is 2.64. The van der Waals surface area contributed by atoms with E-state index in [4.69, 9.17) is 0 Å². The summed E-state index contributed by atoms with van der Waals surface area (Å²) in [5, 5.41) is -3.49. The first-order chi connectivity index (χ1) is 13.2. The molecule has 0 nitrogen and oxygen atoms in total. The number of halogens is 20. The van der Waals surface area contributed by atoms with Crippen LogP contribution in [0, 0.1) is 0 Å². The average molecular weight is 531 g/mol. The molecule has 0 saturated carbocycles. The Kier molecular flexibility index (Phi) is 7.60. The summed E-state index contributed by atoms with van der Waals surface area (Å²) in [7, 11) is 0. The monoisotopic (exact) mass is 530 g/mol. The largest absolute Gasteiger partial charge is 0.435 e. The lowest BCUT2D eigenvalue weighted by Gasteiger charge is -2.45. The van der Waals surface area contributed by atoms with Gasteiger partial charge in [0.2, 0.25) is 6.17 Å². The summed E-state index contributed by atoms with van der Waals surface area (Å²) >= 11 is 4.02. The van der Waals surface area contributed by atoms with Gasteiger partial charge in [-0.2, -0.15) is 70.2 Å². The highest BCUT2D eigenvalue weighted by molar-refractivity contribution is 6.30. The maximum Gasteiger partial charge on any atom is 0.435 e. The molecule has 0 rings (SSSR count). The van der Waals surface area contributed by atoms with Gasteiger partial charge in [0.25, 0.3) is 12.3 Å². The zero-order chi connectivity index (χ0) is 25.8. The third-order valence-electron chi connectivity index (χ3n) is 3.42. The van der Waals surface area contributed by atoms with E-state index in [0.29, 0.717) is 0 Å². The molecule has 31 heavy (non-hydrogen) atoms. The van der Waals surface area contributed by atoms with Gasteiger partial charge >= 0.3 is 41.7 Å². The van der Waals surface area contributed by atoms with Crippen LogP contribution < -0.4 is 0 Å². The fourth-order valence-electron chi connectivity index (χ4n) is 1.80. The molecule has 0 aromatic rings. The molecule has 0 saturated heterocycles. The van der Waals surface area contributed by atoms with Gasteiger partial charge < -0.3 is 0 Å². The second-order valence-electron chi connectivity index (χ2n) is 5.43. The van der Waals surface area contributed by atoms with Crippen molar-refractivity contribution in [2.45, 2.75) is 54.1 Å². The number of hydrogen-bond acceptors (Lipinski definition) is 0. The van der Waals surface area contributed by atoms with Gasteiger partial charge in [0.15, 0.2) is 0 Å². The van der Waals surface area contributed by atoms with Crippen molar-refractivity contribution in [1.82, 2.24) is 0 Å². The lowest BCUT2D eigenvalue weighted by molar-refractivity contribution is -0.439. The zero-order valence-corrected chi connectivity index (χ0v) is 14.0. The number of rotatable bonds is 7. The standard InChI is InChI=1S/C11H2ClF19/c12-1(3(14)15)2(13)5(17,18)8(24,11(29,30)31)10(27,28)9(25,26)6(19,20)4(16)7(21,22)23/h2,4H. The molecule has 0 aromatic carbocycles. The van der Waals surface area contributed by atoms with Crippen molar-refractivity contribution in [3.05, 3.63) is 11.1 Å². The number of alkyl halides is 17. The Morgan fingerprint density at radius 3 is 1.19 bits per heavy atom. The predicted molar refractivity (Wildman–Crippen MR) is 60.6 cm³/mol. The molecule has 0 heterocycles. The van der Waals surface area contributed by atoms with Gasteiger partial charge in [0.1, 0.15) is 5.03 Å². The Morgan fingerprint density at radius 1 is 0.581 bits per heavy atom. The van der Waals surface area contributed by atoms with Crippen LogP contribution in [0.2, 0.25) is 0 Å². The van der Waals surface area contributed by atoms with Crippen molar-refractivity contribution in [2.24, 2.45) is 0 Å². The Morgan fingerprint density at radius 2 is 0.935 bits per heavy atom. The summed E-state index contributed by atoms with van der Waals surface area (Å²) < 4.78 is 244. The third-order valence-corrected chi connectivity index (χ3v) is 3.76. The van der Waals surface area contributed by atoms with Crippen LogP contribution in [0.3, 0.4) is 0 Å². The zero-order valence-electron chi connectivity index (χ0n) is 13.2. The summed E-state index contributed by atoms with van der Waals surface area (Å²) in [6, 6.07) is 0. The van der Waals surface area contributed by atoms with E-state index in [9.17, 15) is 83.4 Å². The summed E-state index contributed by atoms with van der Waals surface area (Å²) in [5.41, 5.74) is -8.64. The minimum absolute atomic E-state index is 3.49. The van der Waals surface area contributed by atoms with Gasteiger partial charge in [-0.25, -0.2) is 13.2 Å². The van der Waals surface area contributed by atoms with Gasteiger partial charge in [-0.3, -0.25) is 0 Å². The smallest absolute Gasteiger partial charge is 0.234 e. The van der Waals surface area contributed by atoms with Crippen LogP contribution in [0.5, 0.6) is 0 Å². The molecule has 0 aliphatic carbocycles. The Labute approximate surface area is 161 Å². The maximum atomic E-state index is 13.9. The lowest BCUT2D eigenvalue weighted by Crippen LogP contribution is -2.77. The maximum absolute atomic E-state index is 13.9. The SMILES string of the molecule is FC(F)=C(Cl)C(F)C(F)(F)C(F)(C(F)(F)F)C(F)(F)C(F)(F)C(F)(F)C(F)C(F)(F)F. The molecule has 0 aliphatic rings. The van der Waals surface area contributed by atoms with Gasteiger partial charge in [-0.05, 0) is 0 Å². The van der Waals surface area contributed by atoms with Crippen molar-refractivity contribution in [3.8, 4) is 0 Å². The van der Waals surface area contributed by atoms with Gasteiger partial charge in [-0.1, -0.05) is 11.6 Å². The molecule has 0 spiro atoms. The van der Waals surface area contributed by atoms with Crippen LogP contribution in [0.15, 0.2) is 11.1 Å². The van der Waals surface area contributed by atoms with Crippen LogP contribution >= 0.6 is 11.6 Å². The van der Waals surface area contributed by atoms with Crippen molar-refractivity contribution >= 4 is 11.6 Å². The summed E-state index contributed by atoms with van der Waals surface area (Å²) in [6.45, 7) is 0. The molecule has 0 aliphatic heterocycles. The highest BCUT2D eigenvalue weighted by atomic mass is 35.5. The van der Waals surface area contributed by atoms with Gasteiger partial charge in [0.05, 0.1) is 0 Å². The summed E-state index contributed by atoms with van der Waals surface area (Å²) in [4.78, 5) is 0. The summed E-state index contributed by atoms with van der Waals surface area (Å²) in [6.07, 6.45) is -31.7. The van der Waals surface area contributed by atoms with Crippen LogP contribution in [0.4, 0.5) is 83.4 Å². The Bertz CT molecular complexity index is 682. The fourth-order valence-corrected chi connectivity index (χ4v) is 1.93. The van der Waals surface area contributed by atoms with Crippen molar-refractivity contribution in [1.29, 1.82) is 0 Å². The molecule has 3 atom stereocenters. The lowest BCUT2D eigenvalue weighted by atomic mass is 9.80. The van der Waals surface area contributed by atoms with E-state index in [1.54, 1.807) is 0 Å². The van der Waals surface area contributed by atoms with Gasteiger partial charge in [-0.15, -0.1) is 0 Å². The first-order valence-corrected chi connectivity index (χ1v) is 6.87. The van der Waals surface area contributed by atoms with Gasteiger partial charge in [0, 0.05) is 0 Å². The average Bonchev–Trinajstić information content (AvgIpc) is 2.55. The molecule has 3 unspecified atom stereocenters. The van der Waals surface area contributed by atoms with Crippen molar-refractivity contribution in [2.75, 3.05) is 0 Å². The molecule has 0 N–H and O–H groups in total. The van der Waals surface area contributed by atoms with E-state index in [0.717, 1.165) is 0 Å². The van der Waals surface area contributed by atoms with E-state index in [-0.39, 0.29) is 0 Å².